The van der Waals surface area contributed by atoms with E-state index < -0.39 is 11.5 Å². The molecule has 0 saturated carbocycles. The fourth-order valence-corrected chi connectivity index (χ4v) is 2.15. The molecule has 0 fully saturated rings. The number of aromatic amines is 1. The Balaban J connectivity index is 2.39. The highest BCUT2D eigenvalue weighted by molar-refractivity contribution is 5.89. The van der Waals surface area contributed by atoms with Crippen LogP contribution in [-0.4, -0.2) is 23.7 Å². The van der Waals surface area contributed by atoms with E-state index in [9.17, 15) is 14.9 Å². The van der Waals surface area contributed by atoms with Gasteiger partial charge in [-0.25, -0.2) is 4.79 Å². The Kier molecular flexibility index (Phi) is 5.38. The summed E-state index contributed by atoms with van der Waals surface area (Å²) in [5.74, 6) is -0.176. The van der Waals surface area contributed by atoms with Crippen molar-refractivity contribution in [3.8, 4) is 23.1 Å². The van der Waals surface area contributed by atoms with E-state index in [2.05, 4.69) is 11.1 Å². The van der Waals surface area contributed by atoms with E-state index in [0.717, 1.165) is 0 Å². The van der Waals surface area contributed by atoms with Crippen molar-refractivity contribution in [2.75, 3.05) is 6.61 Å². The maximum absolute atomic E-state index is 12.1. The molecule has 0 amide bonds. The topological polar surface area (TPSA) is 92.2 Å². The summed E-state index contributed by atoms with van der Waals surface area (Å²) in [5, 5.41) is 9.27. The third-order valence-electron chi connectivity index (χ3n) is 3.18. The van der Waals surface area contributed by atoms with Gasteiger partial charge in [-0.3, -0.25) is 4.79 Å². The van der Waals surface area contributed by atoms with Crippen LogP contribution in [0.5, 0.6) is 5.75 Å². The molecule has 2 rings (SSSR count). The first-order valence-corrected chi connectivity index (χ1v) is 7.58. The molecule has 0 aliphatic rings. The number of ether oxygens (including phenoxy) is 2. The molecule has 0 unspecified atom stereocenters. The maximum atomic E-state index is 12.1. The predicted molar refractivity (Wildman–Crippen MR) is 88.9 cm³/mol. The second-order valence-electron chi connectivity index (χ2n) is 5.32. The number of aromatic nitrogens is 1. The summed E-state index contributed by atoms with van der Waals surface area (Å²) in [7, 11) is 0. The molecule has 0 aliphatic carbocycles. The highest BCUT2D eigenvalue weighted by Gasteiger charge is 2.13. The van der Waals surface area contributed by atoms with Gasteiger partial charge in [-0.1, -0.05) is 0 Å². The fraction of sp³-hybridized carbons (Fsp3) is 0.278. The molecule has 2 aromatic rings. The normalized spacial score (nSPS) is 10.3. The van der Waals surface area contributed by atoms with Crippen molar-refractivity contribution in [3.05, 3.63) is 51.8 Å². The first-order valence-electron chi connectivity index (χ1n) is 7.58. The van der Waals surface area contributed by atoms with E-state index in [0.29, 0.717) is 22.6 Å². The summed E-state index contributed by atoms with van der Waals surface area (Å²) in [6.07, 6.45) is -0.0494. The molecular weight excluding hydrogens is 308 g/mol. The Morgan fingerprint density at radius 1 is 1.29 bits per heavy atom. The SMILES string of the molecule is CCOC(=O)c1ccc(-c2ccc(OC(C)C)c(C#N)c2)[nH]c1=O. The quantitative estimate of drug-likeness (QED) is 0.853. The summed E-state index contributed by atoms with van der Waals surface area (Å²) in [6.45, 7) is 5.62. The number of H-pyrrole nitrogens is 1. The van der Waals surface area contributed by atoms with Gasteiger partial charge in [0.25, 0.3) is 5.56 Å². The van der Waals surface area contributed by atoms with E-state index in [-0.39, 0.29) is 18.3 Å². The average molecular weight is 326 g/mol. The van der Waals surface area contributed by atoms with Gasteiger partial charge in [0, 0.05) is 5.69 Å². The van der Waals surface area contributed by atoms with Crippen molar-refractivity contribution in [1.29, 1.82) is 5.26 Å². The van der Waals surface area contributed by atoms with Gasteiger partial charge in [0.2, 0.25) is 0 Å². The fourth-order valence-electron chi connectivity index (χ4n) is 2.15. The average Bonchev–Trinajstić information content (AvgIpc) is 2.54. The number of benzene rings is 1. The molecule has 6 heteroatoms. The third-order valence-corrected chi connectivity index (χ3v) is 3.18. The Morgan fingerprint density at radius 2 is 2.04 bits per heavy atom. The zero-order valence-electron chi connectivity index (χ0n) is 13.8. The monoisotopic (exact) mass is 326 g/mol. The van der Waals surface area contributed by atoms with Gasteiger partial charge >= 0.3 is 5.97 Å². The molecule has 24 heavy (non-hydrogen) atoms. The van der Waals surface area contributed by atoms with Gasteiger partial charge in [-0.2, -0.15) is 5.26 Å². The molecule has 124 valence electrons. The summed E-state index contributed by atoms with van der Waals surface area (Å²) >= 11 is 0. The summed E-state index contributed by atoms with van der Waals surface area (Å²) < 4.78 is 10.4. The van der Waals surface area contributed by atoms with Crippen LogP contribution in [0.15, 0.2) is 35.1 Å². The lowest BCUT2D eigenvalue weighted by Gasteiger charge is -2.12. The number of hydrogen-bond donors (Lipinski definition) is 1. The van der Waals surface area contributed by atoms with Crippen molar-refractivity contribution in [2.45, 2.75) is 26.9 Å². The van der Waals surface area contributed by atoms with Crippen LogP contribution < -0.4 is 10.3 Å². The summed E-state index contributed by atoms with van der Waals surface area (Å²) in [6, 6.07) is 10.2. The standard InChI is InChI=1S/C18H18N2O4/c1-4-23-18(22)14-6-7-15(20-17(14)21)12-5-8-16(24-11(2)3)13(9-12)10-19/h5-9,11H,4H2,1-3H3,(H,20,21). The van der Waals surface area contributed by atoms with Crippen LogP contribution >= 0.6 is 0 Å². The number of hydrogen-bond acceptors (Lipinski definition) is 5. The first kappa shape index (κ1) is 17.3. The van der Waals surface area contributed by atoms with Gasteiger partial charge in [0.15, 0.2) is 0 Å². The van der Waals surface area contributed by atoms with Crippen LogP contribution in [0, 0.1) is 11.3 Å². The number of pyridine rings is 1. The number of carbonyl (C=O) groups is 1. The second kappa shape index (κ2) is 7.47. The van der Waals surface area contributed by atoms with E-state index in [1.165, 1.54) is 6.07 Å². The van der Waals surface area contributed by atoms with E-state index in [1.54, 1.807) is 31.2 Å². The van der Waals surface area contributed by atoms with Crippen molar-refractivity contribution >= 4 is 5.97 Å². The number of nitriles is 1. The molecule has 1 heterocycles. The molecule has 1 aromatic carbocycles. The van der Waals surface area contributed by atoms with Crippen LogP contribution in [0.2, 0.25) is 0 Å². The summed E-state index contributed by atoms with van der Waals surface area (Å²) in [4.78, 5) is 26.3. The third kappa shape index (κ3) is 3.82. The second-order valence-corrected chi connectivity index (χ2v) is 5.32. The molecule has 0 atom stereocenters. The predicted octanol–water partition coefficient (Wildman–Crippen LogP) is 2.88. The number of esters is 1. The molecule has 0 bridgehead atoms. The highest BCUT2D eigenvalue weighted by Crippen LogP contribution is 2.25. The van der Waals surface area contributed by atoms with Gasteiger partial charge < -0.3 is 14.5 Å². The first-order chi connectivity index (χ1) is 11.5. The molecule has 1 N–H and O–H groups in total. The van der Waals surface area contributed by atoms with Gasteiger partial charge in [0.05, 0.1) is 18.3 Å². The summed E-state index contributed by atoms with van der Waals surface area (Å²) in [5.41, 5.74) is 0.931. The molecule has 6 nitrogen and oxygen atoms in total. The Hall–Kier alpha value is -3.07. The zero-order valence-corrected chi connectivity index (χ0v) is 13.8. The molecular formula is C18H18N2O4. The van der Waals surface area contributed by atoms with Crippen LogP contribution in [0.4, 0.5) is 0 Å². The van der Waals surface area contributed by atoms with E-state index >= 15 is 0 Å². The molecule has 0 aliphatic heterocycles. The van der Waals surface area contributed by atoms with Crippen molar-refractivity contribution in [3.63, 3.8) is 0 Å². The molecule has 0 saturated heterocycles. The lowest BCUT2D eigenvalue weighted by atomic mass is 10.1. The lowest BCUT2D eigenvalue weighted by Crippen LogP contribution is -2.19. The van der Waals surface area contributed by atoms with E-state index in [1.807, 2.05) is 13.8 Å². The van der Waals surface area contributed by atoms with E-state index in [4.69, 9.17) is 9.47 Å². The van der Waals surface area contributed by atoms with Crippen LogP contribution in [0.1, 0.15) is 36.7 Å². The highest BCUT2D eigenvalue weighted by atomic mass is 16.5. The number of nitrogens with one attached hydrogen (secondary N) is 1. The smallest absolute Gasteiger partial charge is 0.343 e. The van der Waals surface area contributed by atoms with Crippen molar-refractivity contribution in [1.82, 2.24) is 4.98 Å². The number of nitrogens with zero attached hydrogens (tertiary/aromatic N) is 1. The Labute approximate surface area is 139 Å². The van der Waals surface area contributed by atoms with Crippen LogP contribution in [0.3, 0.4) is 0 Å². The van der Waals surface area contributed by atoms with Gasteiger partial charge in [-0.15, -0.1) is 0 Å². The minimum Gasteiger partial charge on any atom is -0.490 e. The zero-order chi connectivity index (χ0) is 17.7. The minimum absolute atomic E-state index is 0.0494. The Morgan fingerprint density at radius 3 is 2.62 bits per heavy atom. The Bertz CT molecular complexity index is 847. The molecule has 0 radical (unpaired) electrons. The van der Waals surface area contributed by atoms with Crippen molar-refractivity contribution < 1.29 is 14.3 Å². The number of carbonyl (C=O) groups excluding carboxylic acids is 1. The maximum Gasteiger partial charge on any atom is 0.343 e. The number of rotatable bonds is 5. The largest absolute Gasteiger partial charge is 0.490 e. The molecule has 1 aromatic heterocycles. The van der Waals surface area contributed by atoms with Gasteiger partial charge in [-0.05, 0) is 56.7 Å². The minimum atomic E-state index is -0.663. The molecule has 0 spiro atoms. The van der Waals surface area contributed by atoms with Crippen LogP contribution in [0.25, 0.3) is 11.3 Å². The van der Waals surface area contributed by atoms with Crippen LogP contribution in [-0.2, 0) is 4.74 Å². The van der Waals surface area contributed by atoms with Gasteiger partial charge in [0.1, 0.15) is 17.4 Å². The lowest BCUT2D eigenvalue weighted by molar-refractivity contribution is 0.0524. The van der Waals surface area contributed by atoms with Crippen molar-refractivity contribution in [2.24, 2.45) is 0 Å².